The average Bonchev–Trinajstić information content (AvgIpc) is 2.59. The van der Waals surface area contributed by atoms with Crippen molar-refractivity contribution >= 4 is 0 Å². The van der Waals surface area contributed by atoms with Crippen molar-refractivity contribution in [3.8, 4) is 5.75 Å². The van der Waals surface area contributed by atoms with Gasteiger partial charge in [0.05, 0.1) is 32.3 Å². The number of benzene rings is 1. The van der Waals surface area contributed by atoms with Crippen molar-refractivity contribution in [1.82, 2.24) is 9.47 Å². The standard InChI is InChI=1S/C19H19F5N2O2/c1-28-15-4-2-13(3-5-15)9-26-10-14(6-7-25-11-18(20,21)12-25)16(8-17(26)27)19(22,23)24/h2-5,8,10H,6-7,9,11-12H2,1H3. The molecule has 1 aliphatic rings. The molecule has 0 spiro atoms. The van der Waals surface area contributed by atoms with E-state index in [1.54, 1.807) is 24.3 Å². The van der Waals surface area contributed by atoms with Gasteiger partial charge in [0.2, 0.25) is 0 Å². The third-order valence-corrected chi connectivity index (χ3v) is 4.63. The molecule has 1 aliphatic heterocycles. The first-order valence-electron chi connectivity index (χ1n) is 8.61. The molecule has 0 atom stereocenters. The number of aromatic nitrogens is 1. The third-order valence-electron chi connectivity index (χ3n) is 4.63. The minimum absolute atomic E-state index is 0.0689. The Morgan fingerprint density at radius 1 is 1.14 bits per heavy atom. The maximum Gasteiger partial charge on any atom is 0.416 e. The molecule has 152 valence electrons. The Kier molecular flexibility index (Phi) is 5.47. The van der Waals surface area contributed by atoms with E-state index in [9.17, 15) is 26.7 Å². The lowest BCUT2D eigenvalue weighted by molar-refractivity contribution is -0.139. The van der Waals surface area contributed by atoms with E-state index in [1.165, 1.54) is 22.8 Å². The Balaban J connectivity index is 1.83. The molecule has 1 saturated heterocycles. The highest BCUT2D eigenvalue weighted by Gasteiger charge is 2.43. The van der Waals surface area contributed by atoms with Crippen molar-refractivity contribution in [1.29, 1.82) is 0 Å². The molecule has 0 radical (unpaired) electrons. The maximum atomic E-state index is 13.3. The van der Waals surface area contributed by atoms with Crippen LogP contribution in [0.2, 0.25) is 0 Å². The average molecular weight is 402 g/mol. The second kappa shape index (κ2) is 7.54. The van der Waals surface area contributed by atoms with E-state index in [4.69, 9.17) is 4.74 Å². The molecule has 1 fully saturated rings. The fraction of sp³-hybridized carbons (Fsp3) is 0.421. The summed E-state index contributed by atoms with van der Waals surface area (Å²) in [6.07, 6.45) is -3.59. The maximum absolute atomic E-state index is 13.3. The largest absolute Gasteiger partial charge is 0.497 e. The molecule has 9 heteroatoms. The predicted octanol–water partition coefficient (Wildman–Crippen LogP) is 3.42. The molecule has 0 amide bonds. The summed E-state index contributed by atoms with van der Waals surface area (Å²) in [6.45, 7) is -0.755. The van der Waals surface area contributed by atoms with Gasteiger partial charge in [0.25, 0.3) is 11.5 Å². The molecular formula is C19H19F5N2O2. The number of alkyl halides is 5. The van der Waals surface area contributed by atoms with Crippen molar-refractivity contribution in [2.45, 2.75) is 25.1 Å². The number of pyridine rings is 1. The van der Waals surface area contributed by atoms with Gasteiger partial charge in [-0.25, -0.2) is 8.78 Å². The summed E-state index contributed by atoms with van der Waals surface area (Å²) < 4.78 is 72.0. The van der Waals surface area contributed by atoms with Crippen LogP contribution in [0.3, 0.4) is 0 Å². The van der Waals surface area contributed by atoms with Gasteiger partial charge in [-0.1, -0.05) is 12.1 Å². The Morgan fingerprint density at radius 3 is 2.32 bits per heavy atom. The number of hydrogen-bond donors (Lipinski definition) is 0. The highest BCUT2D eigenvalue weighted by Crippen LogP contribution is 2.32. The van der Waals surface area contributed by atoms with Crippen LogP contribution in [0.25, 0.3) is 0 Å². The molecule has 1 aromatic carbocycles. The minimum Gasteiger partial charge on any atom is -0.497 e. The smallest absolute Gasteiger partial charge is 0.416 e. The Morgan fingerprint density at radius 2 is 1.79 bits per heavy atom. The molecule has 2 aromatic rings. The van der Waals surface area contributed by atoms with E-state index in [-0.39, 0.29) is 25.1 Å². The van der Waals surface area contributed by atoms with Gasteiger partial charge in [-0.3, -0.25) is 9.69 Å². The second-order valence-corrected chi connectivity index (χ2v) is 6.84. The lowest BCUT2D eigenvalue weighted by atomic mass is 10.0. The highest BCUT2D eigenvalue weighted by molar-refractivity contribution is 5.30. The number of methoxy groups -OCH3 is 1. The van der Waals surface area contributed by atoms with E-state index >= 15 is 0 Å². The van der Waals surface area contributed by atoms with Crippen LogP contribution in [-0.2, 0) is 19.1 Å². The van der Waals surface area contributed by atoms with Crippen LogP contribution in [-0.4, -0.2) is 42.1 Å². The predicted molar refractivity (Wildman–Crippen MR) is 92.9 cm³/mol. The lowest BCUT2D eigenvalue weighted by Gasteiger charge is -2.38. The van der Waals surface area contributed by atoms with Gasteiger partial charge in [-0.05, 0) is 29.7 Å². The monoisotopic (exact) mass is 402 g/mol. The third kappa shape index (κ3) is 4.70. The van der Waals surface area contributed by atoms with Crippen LogP contribution in [0.1, 0.15) is 16.7 Å². The highest BCUT2D eigenvalue weighted by atomic mass is 19.4. The first kappa shape index (κ1) is 20.3. The van der Waals surface area contributed by atoms with E-state index in [0.29, 0.717) is 11.8 Å². The summed E-state index contributed by atoms with van der Waals surface area (Å²) in [5.74, 6) is -2.16. The summed E-state index contributed by atoms with van der Waals surface area (Å²) in [6, 6.07) is 7.38. The quantitative estimate of drug-likeness (QED) is 0.695. The van der Waals surface area contributed by atoms with Gasteiger partial charge in [0.15, 0.2) is 0 Å². The van der Waals surface area contributed by atoms with Crippen LogP contribution in [0.15, 0.2) is 41.3 Å². The van der Waals surface area contributed by atoms with Crippen molar-refractivity contribution in [3.05, 3.63) is 63.6 Å². The van der Waals surface area contributed by atoms with Crippen LogP contribution in [0.4, 0.5) is 22.0 Å². The molecule has 0 bridgehead atoms. The number of hydrogen-bond acceptors (Lipinski definition) is 3. The second-order valence-electron chi connectivity index (χ2n) is 6.84. The van der Waals surface area contributed by atoms with Gasteiger partial charge in [-0.2, -0.15) is 13.2 Å². The molecule has 2 heterocycles. The summed E-state index contributed by atoms with van der Waals surface area (Å²) in [4.78, 5) is 13.6. The number of ether oxygens (including phenoxy) is 1. The van der Waals surface area contributed by atoms with Crippen molar-refractivity contribution in [2.24, 2.45) is 0 Å². The zero-order valence-electron chi connectivity index (χ0n) is 15.1. The normalized spacial score (nSPS) is 16.6. The lowest BCUT2D eigenvalue weighted by Crippen LogP contribution is -2.56. The first-order valence-corrected chi connectivity index (χ1v) is 8.61. The number of likely N-dealkylation sites (tertiary alicyclic amines) is 1. The molecule has 1 aromatic heterocycles. The Hall–Kier alpha value is -2.42. The first-order chi connectivity index (χ1) is 13.1. The molecule has 3 rings (SSSR count). The fourth-order valence-electron chi connectivity index (χ4n) is 3.18. The fourth-order valence-corrected chi connectivity index (χ4v) is 3.18. The van der Waals surface area contributed by atoms with Crippen LogP contribution in [0, 0.1) is 0 Å². The van der Waals surface area contributed by atoms with Crippen molar-refractivity contribution in [2.75, 3.05) is 26.7 Å². The SMILES string of the molecule is COc1ccc(Cn2cc(CCN3CC(F)(F)C3)c(C(F)(F)F)cc2=O)cc1. The van der Waals surface area contributed by atoms with Gasteiger partial charge >= 0.3 is 6.18 Å². The van der Waals surface area contributed by atoms with Crippen molar-refractivity contribution < 1.29 is 26.7 Å². The summed E-state index contributed by atoms with van der Waals surface area (Å²) >= 11 is 0. The number of nitrogens with zero attached hydrogens (tertiary/aromatic N) is 2. The summed E-state index contributed by atoms with van der Waals surface area (Å²) in [7, 11) is 1.51. The minimum atomic E-state index is -4.69. The topological polar surface area (TPSA) is 34.5 Å². The van der Waals surface area contributed by atoms with Gasteiger partial charge in [0.1, 0.15) is 5.75 Å². The van der Waals surface area contributed by atoms with Crippen LogP contribution >= 0.6 is 0 Å². The van der Waals surface area contributed by atoms with Crippen molar-refractivity contribution in [3.63, 3.8) is 0 Å². The molecule has 0 N–H and O–H groups in total. The molecule has 4 nitrogen and oxygen atoms in total. The zero-order valence-corrected chi connectivity index (χ0v) is 15.1. The molecule has 0 aliphatic carbocycles. The molecular weight excluding hydrogens is 383 g/mol. The molecule has 0 saturated carbocycles. The van der Waals surface area contributed by atoms with E-state index < -0.39 is 36.3 Å². The summed E-state index contributed by atoms with van der Waals surface area (Å²) in [5, 5.41) is 0. The number of halogens is 5. The zero-order chi connectivity index (χ0) is 20.5. The van der Waals surface area contributed by atoms with Gasteiger partial charge < -0.3 is 9.30 Å². The van der Waals surface area contributed by atoms with E-state index in [0.717, 1.165) is 5.56 Å². The number of rotatable bonds is 6. The molecule has 0 unspecified atom stereocenters. The van der Waals surface area contributed by atoms with Gasteiger partial charge in [-0.15, -0.1) is 0 Å². The summed E-state index contributed by atoms with van der Waals surface area (Å²) in [5.41, 5.74) is -1.16. The molecule has 28 heavy (non-hydrogen) atoms. The van der Waals surface area contributed by atoms with Crippen LogP contribution < -0.4 is 10.3 Å². The van der Waals surface area contributed by atoms with E-state index in [2.05, 4.69) is 0 Å². The van der Waals surface area contributed by atoms with Gasteiger partial charge in [0, 0.05) is 18.8 Å². The van der Waals surface area contributed by atoms with E-state index in [1.807, 2.05) is 0 Å². The Bertz CT molecular complexity index is 883. The van der Waals surface area contributed by atoms with Crippen LogP contribution in [0.5, 0.6) is 5.75 Å². The Labute approximate surface area is 158 Å².